The summed E-state index contributed by atoms with van der Waals surface area (Å²) in [7, 11) is 1.64. The van der Waals surface area contributed by atoms with E-state index in [-0.39, 0.29) is 18.3 Å². The highest BCUT2D eigenvalue weighted by atomic mass is 16.6. The Labute approximate surface area is 119 Å². The minimum absolute atomic E-state index is 0.0490. The SMILES string of the molecule is CCC(C)N(CCOC)c1ccc([N+](=O)[O-])c(CO)c1. The van der Waals surface area contributed by atoms with Crippen molar-refractivity contribution in [1.29, 1.82) is 0 Å². The molecule has 1 rings (SSSR count). The highest BCUT2D eigenvalue weighted by Gasteiger charge is 2.18. The minimum atomic E-state index is -0.474. The number of nitro groups is 1. The van der Waals surface area contributed by atoms with Crippen molar-refractivity contribution in [1.82, 2.24) is 0 Å². The summed E-state index contributed by atoms with van der Waals surface area (Å²) in [5.41, 5.74) is 1.15. The Morgan fingerprint density at radius 1 is 1.50 bits per heavy atom. The van der Waals surface area contributed by atoms with Crippen LogP contribution in [-0.4, -0.2) is 36.3 Å². The van der Waals surface area contributed by atoms with Crippen LogP contribution in [0.1, 0.15) is 25.8 Å². The van der Waals surface area contributed by atoms with Crippen molar-refractivity contribution in [3.05, 3.63) is 33.9 Å². The van der Waals surface area contributed by atoms with Crippen LogP contribution in [0.5, 0.6) is 0 Å². The van der Waals surface area contributed by atoms with Gasteiger partial charge in [0.05, 0.1) is 23.7 Å². The summed E-state index contributed by atoms with van der Waals surface area (Å²) >= 11 is 0. The molecular weight excluding hydrogens is 260 g/mol. The predicted molar refractivity (Wildman–Crippen MR) is 78.0 cm³/mol. The van der Waals surface area contributed by atoms with E-state index >= 15 is 0 Å². The van der Waals surface area contributed by atoms with Crippen molar-refractivity contribution >= 4 is 11.4 Å². The molecule has 1 aromatic carbocycles. The summed E-state index contributed by atoms with van der Waals surface area (Å²) in [6.45, 7) is 5.12. The van der Waals surface area contributed by atoms with Gasteiger partial charge in [-0.2, -0.15) is 0 Å². The van der Waals surface area contributed by atoms with Gasteiger partial charge in [0.1, 0.15) is 0 Å². The molecule has 1 N–H and O–H groups in total. The van der Waals surface area contributed by atoms with E-state index in [1.165, 1.54) is 6.07 Å². The number of aliphatic hydroxyl groups is 1. The van der Waals surface area contributed by atoms with Crippen molar-refractivity contribution in [2.24, 2.45) is 0 Å². The molecule has 1 unspecified atom stereocenters. The normalized spacial score (nSPS) is 12.2. The van der Waals surface area contributed by atoms with E-state index in [1.54, 1.807) is 19.2 Å². The lowest BCUT2D eigenvalue weighted by Crippen LogP contribution is -2.35. The number of methoxy groups -OCH3 is 1. The predicted octanol–water partition coefficient (Wildman–Crippen LogP) is 2.34. The van der Waals surface area contributed by atoms with Gasteiger partial charge in [0, 0.05) is 31.5 Å². The molecule has 0 amide bonds. The quantitative estimate of drug-likeness (QED) is 0.585. The Morgan fingerprint density at radius 2 is 2.20 bits per heavy atom. The molecule has 0 bridgehead atoms. The first kappa shape index (κ1) is 16.4. The molecule has 6 nitrogen and oxygen atoms in total. The lowest BCUT2D eigenvalue weighted by molar-refractivity contribution is -0.385. The fourth-order valence-electron chi connectivity index (χ4n) is 2.07. The zero-order chi connectivity index (χ0) is 15.1. The number of benzene rings is 1. The summed E-state index contributed by atoms with van der Waals surface area (Å²) in [6, 6.07) is 5.14. The van der Waals surface area contributed by atoms with Crippen molar-refractivity contribution in [2.45, 2.75) is 32.9 Å². The summed E-state index contributed by atoms with van der Waals surface area (Å²) in [4.78, 5) is 12.5. The highest BCUT2D eigenvalue weighted by Crippen LogP contribution is 2.26. The first-order valence-electron chi connectivity index (χ1n) is 6.68. The second-order valence-corrected chi connectivity index (χ2v) is 4.67. The smallest absolute Gasteiger partial charge is 0.275 e. The molecule has 0 heterocycles. The fourth-order valence-corrected chi connectivity index (χ4v) is 2.07. The number of anilines is 1. The molecule has 0 radical (unpaired) electrons. The second-order valence-electron chi connectivity index (χ2n) is 4.67. The van der Waals surface area contributed by atoms with Crippen LogP contribution in [0.25, 0.3) is 0 Å². The lowest BCUT2D eigenvalue weighted by Gasteiger charge is -2.30. The fraction of sp³-hybridized carbons (Fsp3) is 0.571. The summed E-state index contributed by atoms with van der Waals surface area (Å²) in [6.07, 6.45) is 0.954. The van der Waals surface area contributed by atoms with Crippen molar-refractivity contribution in [3.63, 3.8) is 0 Å². The number of nitro benzene ring substituents is 1. The summed E-state index contributed by atoms with van der Waals surface area (Å²) in [5.74, 6) is 0. The van der Waals surface area contributed by atoms with E-state index in [1.807, 2.05) is 0 Å². The number of ether oxygens (including phenoxy) is 1. The highest BCUT2D eigenvalue weighted by molar-refractivity contribution is 5.56. The first-order chi connectivity index (χ1) is 9.54. The van der Waals surface area contributed by atoms with Gasteiger partial charge in [0.25, 0.3) is 5.69 Å². The van der Waals surface area contributed by atoms with Crippen LogP contribution in [0.2, 0.25) is 0 Å². The molecule has 0 saturated carbocycles. The molecule has 0 saturated heterocycles. The van der Waals surface area contributed by atoms with Crippen molar-refractivity contribution in [3.8, 4) is 0 Å². The number of nitrogens with zero attached hydrogens (tertiary/aromatic N) is 2. The standard InChI is InChI=1S/C14H22N2O4/c1-4-11(2)15(7-8-20-3)13-5-6-14(16(18)19)12(9-13)10-17/h5-6,9,11,17H,4,7-8,10H2,1-3H3. The van der Waals surface area contributed by atoms with Crippen LogP contribution in [0.15, 0.2) is 18.2 Å². The molecule has 20 heavy (non-hydrogen) atoms. The van der Waals surface area contributed by atoms with Crippen LogP contribution in [0.4, 0.5) is 11.4 Å². The van der Waals surface area contributed by atoms with Gasteiger partial charge < -0.3 is 14.7 Å². The average Bonchev–Trinajstić information content (AvgIpc) is 2.46. The topological polar surface area (TPSA) is 75.8 Å². The van der Waals surface area contributed by atoms with Gasteiger partial charge in [-0.05, 0) is 25.5 Å². The molecule has 0 spiro atoms. The average molecular weight is 282 g/mol. The number of aliphatic hydroxyl groups excluding tert-OH is 1. The van der Waals surface area contributed by atoms with E-state index in [0.29, 0.717) is 18.7 Å². The van der Waals surface area contributed by atoms with Gasteiger partial charge in [-0.15, -0.1) is 0 Å². The number of rotatable bonds is 8. The minimum Gasteiger partial charge on any atom is -0.391 e. The molecule has 1 atom stereocenters. The van der Waals surface area contributed by atoms with Crippen LogP contribution in [0, 0.1) is 10.1 Å². The summed E-state index contributed by atoms with van der Waals surface area (Å²) in [5, 5.41) is 20.2. The van der Waals surface area contributed by atoms with Gasteiger partial charge in [0.15, 0.2) is 0 Å². The maximum absolute atomic E-state index is 10.9. The van der Waals surface area contributed by atoms with Crippen LogP contribution >= 0.6 is 0 Å². The van der Waals surface area contributed by atoms with E-state index in [9.17, 15) is 15.2 Å². The zero-order valence-electron chi connectivity index (χ0n) is 12.2. The Morgan fingerprint density at radius 3 is 2.70 bits per heavy atom. The van der Waals surface area contributed by atoms with Crippen LogP contribution in [-0.2, 0) is 11.3 Å². The monoisotopic (exact) mass is 282 g/mol. The van der Waals surface area contributed by atoms with Gasteiger partial charge >= 0.3 is 0 Å². The van der Waals surface area contributed by atoms with E-state index in [0.717, 1.165) is 12.1 Å². The van der Waals surface area contributed by atoms with Gasteiger partial charge in [0.2, 0.25) is 0 Å². The molecule has 0 aliphatic carbocycles. The van der Waals surface area contributed by atoms with E-state index in [4.69, 9.17) is 4.74 Å². The van der Waals surface area contributed by atoms with Crippen LogP contribution in [0.3, 0.4) is 0 Å². The van der Waals surface area contributed by atoms with E-state index in [2.05, 4.69) is 18.7 Å². The van der Waals surface area contributed by atoms with Gasteiger partial charge in [-0.3, -0.25) is 10.1 Å². The van der Waals surface area contributed by atoms with Crippen LogP contribution < -0.4 is 4.90 Å². The van der Waals surface area contributed by atoms with E-state index < -0.39 is 4.92 Å². The van der Waals surface area contributed by atoms with Crippen molar-refractivity contribution < 1.29 is 14.8 Å². The molecule has 0 aliphatic heterocycles. The zero-order valence-corrected chi connectivity index (χ0v) is 12.2. The summed E-state index contributed by atoms with van der Waals surface area (Å²) < 4.78 is 5.11. The molecule has 0 aromatic heterocycles. The number of hydrogen-bond donors (Lipinski definition) is 1. The Kier molecular flexibility index (Phi) is 6.41. The largest absolute Gasteiger partial charge is 0.391 e. The van der Waals surface area contributed by atoms with Crippen molar-refractivity contribution in [2.75, 3.05) is 25.2 Å². The Hall–Kier alpha value is -1.66. The Balaban J connectivity index is 3.10. The maximum Gasteiger partial charge on any atom is 0.275 e. The third-order valence-electron chi connectivity index (χ3n) is 3.42. The molecule has 6 heteroatoms. The lowest BCUT2D eigenvalue weighted by atomic mass is 10.1. The molecule has 0 fully saturated rings. The molecule has 112 valence electrons. The van der Waals surface area contributed by atoms with Gasteiger partial charge in [-0.25, -0.2) is 0 Å². The molecular formula is C14H22N2O4. The maximum atomic E-state index is 10.9. The molecule has 1 aromatic rings. The second kappa shape index (κ2) is 7.81. The Bertz CT molecular complexity index is 451. The van der Waals surface area contributed by atoms with Gasteiger partial charge in [-0.1, -0.05) is 6.92 Å². The first-order valence-corrected chi connectivity index (χ1v) is 6.68. The number of hydrogen-bond acceptors (Lipinski definition) is 5. The third-order valence-corrected chi connectivity index (χ3v) is 3.42. The molecule has 0 aliphatic rings. The third kappa shape index (κ3) is 3.91.